The molecule has 0 atom stereocenters. The first-order valence-corrected chi connectivity index (χ1v) is 6.17. The lowest BCUT2D eigenvalue weighted by atomic mass is 10.1. The summed E-state index contributed by atoms with van der Waals surface area (Å²) in [5, 5.41) is 2.47. The van der Waals surface area contributed by atoms with Crippen molar-refractivity contribution in [2.45, 2.75) is 0 Å². The van der Waals surface area contributed by atoms with Crippen LogP contribution in [-0.2, 0) is 0 Å². The molecule has 4 nitrogen and oxygen atoms in total. The van der Waals surface area contributed by atoms with E-state index >= 15 is 0 Å². The number of benzene rings is 2. The van der Waals surface area contributed by atoms with Gasteiger partial charge in [-0.2, -0.15) is 0 Å². The molecule has 2 aromatic rings. The summed E-state index contributed by atoms with van der Waals surface area (Å²) in [6.45, 7) is 0. The number of rotatable bonds is 2. The number of hydrogen-bond acceptors (Lipinski definition) is 3. The Hall–Kier alpha value is -2.08. The summed E-state index contributed by atoms with van der Waals surface area (Å²) in [4.78, 5) is 12.0. The zero-order valence-electron chi connectivity index (χ0n) is 9.78. The van der Waals surface area contributed by atoms with Gasteiger partial charge in [-0.05, 0) is 36.4 Å². The van der Waals surface area contributed by atoms with E-state index in [0.29, 0.717) is 15.8 Å². The highest BCUT2D eigenvalue weighted by Crippen LogP contribution is 2.21. The van der Waals surface area contributed by atoms with Crippen molar-refractivity contribution in [2.75, 3.05) is 16.8 Å². The van der Waals surface area contributed by atoms with Crippen molar-refractivity contribution in [3.05, 3.63) is 52.3 Å². The van der Waals surface area contributed by atoms with Crippen LogP contribution in [-0.4, -0.2) is 5.91 Å². The molecule has 1 amide bonds. The van der Waals surface area contributed by atoms with Gasteiger partial charge in [0.1, 0.15) is 5.82 Å². The Bertz CT molecular complexity index is 626. The summed E-state index contributed by atoms with van der Waals surface area (Å²) in [5.41, 5.74) is 12.3. The predicted octanol–water partition coefficient (Wildman–Crippen LogP) is 3.00. The van der Waals surface area contributed by atoms with Gasteiger partial charge in [-0.1, -0.05) is 15.9 Å². The summed E-state index contributed by atoms with van der Waals surface area (Å²) >= 11 is 3.21. The molecular weight excluding hydrogens is 313 g/mol. The van der Waals surface area contributed by atoms with Gasteiger partial charge >= 0.3 is 0 Å². The minimum absolute atomic E-state index is 0.0837. The first-order valence-electron chi connectivity index (χ1n) is 5.38. The van der Waals surface area contributed by atoms with Crippen LogP contribution in [0.25, 0.3) is 0 Å². The lowest BCUT2D eigenvalue weighted by Gasteiger charge is -2.08. The van der Waals surface area contributed by atoms with Crippen LogP contribution >= 0.6 is 15.9 Å². The van der Waals surface area contributed by atoms with Crippen molar-refractivity contribution < 1.29 is 9.18 Å². The second-order valence-corrected chi connectivity index (χ2v) is 4.88. The molecule has 5 N–H and O–H groups in total. The normalized spacial score (nSPS) is 10.2. The van der Waals surface area contributed by atoms with Crippen LogP contribution < -0.4 is 16.8 Å². The second kappa shape index (κ2) is 5.27. The summed E-state index contributed by atoms with van der Waals surface area (Å²) in [7, 11) is 0. The van der Waals surface area contributed by atoms with E-state index in [1.165, 1.54) is 30.3 Å². The van der Waals surface area contributed by atoms with Crippen molar-refractivity contribution in [2.24, 2.45) is 0 Å². The topological polar surface area (TPSA) is 81.1 Å². The second-order valence-electron chi connectivity index (χ2n) is 3.97. The molecule has 6 heteroatoms. The predicted molar refractivity (Wildman–Crippen MR) is 77.3 cm³/mol. The Morgan fingerprint density at radius 2 is 1.74 bits per heavy atom. The maximum absolute atomic E-state index is 13.5. The van der Waals surface area contributed by atoms with E-state index in [1.54, 1.807) is 6.07 Å². The fraction of sp³-hybridized carbons (Fsp3) is 0. The monoisotopic (exact) mass is 323 g/mol. The van der Waals surface area contributed by atoms with E-state index in [-0.39, 0.29) is 11.3 Å². The molecule has 0 aliphatic carbocycles. The number of hydrogen-bond donors (Lipinski definition) is 3. The third-order valence-corrected chi connectivity index (χ3v) is 2.91. The fourth-order valence-corrected chi connectivity index (χ4v) is 1.96. The summed E-state index contributed by atoms with van der Waals surface area (Å²) in [6.07, 6.45) is 0. The maximum Gasteiger partial charge on any atom is 0.255 e. The molecule has 2 aromatic carbocycles. The van der Waals surface area contributed by atoms with Crippen molar-refractivity contribution in [1.82, 2.24) is 0 Å². The van der Waals surface area contributed by atoms with Crippen LogP contribution in [0.1, 0.15) is 10.4 Å². The number of nitrogen functional groups attached to an aromatic ring is 2. The van der Waals surface area contributed by atoms with Gasteiger partial charge in [-0.25, -0.2) is 4.39 Å². The van der Waals surface area contributed by atoms with Crippen LogP contribution in [0.3, 0.4) is 0 Å². The van der Waals surface area contributed by atoms with Gasteiger partial charge in [0.25, 0.3) is 5.91 Å². The highest BCUT2D eigenvalue weighted by Gasteiger charge is 2.10. The van der Waals surface area contributed by atoms with Crippen molar-refractivity contribution in [1.29, 1.82) is 0 Å². The molecule has 0 heterocycles. The molecule has 0 radical (unpaired) electrons. The van der Waals surface area contributed by atoms with Crippen LogP contribution in [0, 0.1) is 5.82 Å². The van der Waals surface area contributed by atoms with Crippen molar-refractivity contribution in [3.63, 3.8) is 0 Å². The van der Waals surface area contributed by atoms with Gasteiger partial charge in [0.05, 0.1) is 5.69 Å². The molecule has 0 spiro atoms. The number of carbonyl (C=O) groups excluding carboxylic acids is 1. The molecule has 98 valence electrons. The van der Waals surface area contributed by atoms with Gasteiger partial charge in [-0.3, -0.25) is 4.79 Å². The number of nitrogens with one attached hydrogen (secondary N) is 1. The molecule has 19 heavy (non-hydrogen) atoms. The largest absolute Gasteiger partial charge is 0.399 e. The van der Waals surface area contributed by atoms with E-state index in [9.17, 15) is 9.18 Å². The van der Waals surface area contributed by atoms with Gasteiger partial charge < -0.3 is 16.8 Å². The molecule has 0 saturated carbocycles. The number of halogens is 2. The Labute approximate surface area is 117 Å². The summed E-state index contributed by atoms with van der Waals surface area (Å²) in [6, 6.07) is 8.76. The lowest BCUT2D eigenvalue weighted by Crippen LogP contribution is -2.13. The molecule has 0 aliphatic rings. The molecular formula is C13H11BrFN3O. The maximum atomic E-state index is 13.5. The third kappa shape index (κ3) is 3.23. The standard InChI is InChI=1S/C13H11BrFN3O/c14-8-1-2-11(15)12(5-8)18-13(19)7-3-9(16)6-10(17)4-7/h1-6H,16-17H2,(H,18,19). The van der Waals surface area contributed by atoms with Crippen LogP contribution in [0.5, 0.6) is 0 Å². The van der Waals surface area contributed by atoms with Crippen molar-refractivity contribution in [3.8, 4) is 0 Å². The number of carbonyl (C=O) groups is 1. The minimum atomic E-state index is -0.520. The molecule has 0 bridgehead atoms. The van der Waals surface area contributed by atoms with E-state index in [1.807, 2.05) is 0 Å². The summed E-state index contributed by atoms with van der Waals surface area (Å²) < 4.78 is 14.2. The van der Waals surface area contributed by atoms with E-state index < -0.39 is 11.7 Å². The molecule has 0 fully saturated rings. The SMILES string of the molecule is Nc1cc(N)cc(C(=O)Nc2cc(Br)ccc2F)c1. The number of nitrogens with two attached hydrogens (primary N) is 2. The Morgan fingerprint density at radius 3 is 2.37 bits per heavy atom. The molecule has 0 aromatic heterocycles. The quantitative estimate of drug-likeness (QED) is 0.743. The van der Waals surface area contributed by atoms with Crippen LogP contribution in [0.15, 0.2) is 40.9 Å². The minimum Gasteiger partial charge on any atom is -0.399 e. The third-order valence-electron chi connectivity index (χ3n) is 2.42. The van der Waals surface area contributed by atoms with Crippen molar-refractivity contribution >= 4 is 38.9 Å². The molecule has 2 rings (SSSR count). The Balaban J connectivity index is 2.28. The average Bonchev–Trinajstić information content (AvgIpc) is 2.32. The van der Waals surface area contributed by atoms with Crippen LogP contribution in [0.2, 0.25) is 0 Å². The average molecular weight is 324 g/mol. The van der Waals surface area contributed by atoms with Gasteiger partial charge in [0.2, 0.25) is 0 Å². The highest BCUT2D eigenvalue weighted by molar-refractivity contribution is 9.10. The highest BCUT2D eigenvalue weighted by atomic mass is 79.9. The zero-order valence-corrected chi connectivity index (χ0v) is 11.4. The summed E-state index contributed by atoms with van der Waals surface area (Å²) in [5.74, 6) is -0.996. The molecule has 0 unspecified atom stereocenters. The fourth-order valence-electron chi connectivity index (χ4n) is 1.60. The first kappa shape index (κ1) is 13.4. The van der Waals surface area contributed by atoms with Gasteiger partial charge in [0.15, 0.2) is 0 Å². The van der Waals surface area contributed by atoms with Gasteiger partial charge in [0, 0.05) is 21.4 Å². The lowest BCUT2D eigenvalue weighted by molar-refractivity contribution is 0.102. The number of anilines is 3. The number of amides is 1. The molecule has 0 aliphatic heterocycles. The zero-order chi connectivity index (χ0) is 14.0. The Morgan fingerprint density at radius 1 is 1.11 bits per heavy atom. The van der Waals surface area contributed by atoms with Crippen LogP contribution in [0.4, 0.5) is 21.5 Å². The van der Waals surface area contributed by atoms with Gasteiger partial charge in [-0.15, -0.1) is 0 Å². The first-order chi connectivity index (χ1) is 8.95. The smallest absolute Gasteiger partial charge is 0.255 e. The Kier molecular flexibility index (Phi) is 3.71. The van der Waals surface area contributed by atoms with E-state index in [0.717, 1.165) is 0 Å². The van der Waals surface area contributed by atoms with E-state index in [2.05, 4.69) is 21.2 Å². The molecule has 0 saturated heterocycles. The van der Waals surface area contributed by atoms with E-state index in [4.69, 9.17) is 11.5 Å².